The molecule has 0 unspecified atom stereocenters. The van der Waals surface area contributed by atoms with E-state index in [-0.39, 0.29) is 38.4 Å². The molecule has 1 aromatic heterocycles. The topological polar surface area (TPSA) is 140 Å². The molecule has 1 heterocycles. The number of nitriles is 1. The van der Waals surface area contributed by atoms with Gasteiger partial charge in [-0.25, -0.2) is 22.5 Å². The van der Waals surface area contributed by atoms with Gasteiger partial charge in [-0.15, -0.1) is 11.3 Å². The van der Waals surface area contributed by atoms with Gasteiger partial charge >= 0.3 is 0 Å². The Kier molecular flexibility index (Phi) is 8.35. The van der Waals surface area contributed by atoms with Crippen molar-refractivity contribution in [2.24, 2.45) is 0 Å². The Hall–Kier alpha value is -2.39. The summed E-state index contributed by atoms with van der Waals surface area (Å²) in [5.74, 6) is -1.72. The number of benzene rings is 1. The molecule has 1 aromatic carbocycles. The lowest BCUT2D eigenvalue weighted by Gasteiger charge is -2.19. The first kappa shape index (κ1) is 26.9. The van der Waals surface area contributed by atoms with Crippen LogP contribution in [0.2, 0.25) is 0 Å². The first-order chi connectivity index (χ1) is 15.3. The van der Waals surface area contributed by atoms with Crippen molar-refractivity contribution in [1.82, 2.24) is 9.71 Å². The fourth-order valence-corrected chi connectivity index (χ4v) is 5.89. The highest BCUT2D eigenvalue weighted by Gasteiger charge is 2.31. The van der Waals surface area contributed by atoms with E-state index in [4.69, 9.17) is 0 Å². The SMILES string of the molecule is CCCc1c(F)c(C#N)cc(C(C)C)c1CC(=O)NS(=O)(=O)c1sc(C(C)(C)O)nc1CO. The highest BCUT2D eigenvalue weighted by atomic mass is 32.2. The molecule has 0 aliphatic heterocycles. The van der Waals surface area contributed by atoms with Crippen LogP contribution in [-0.2, 0) is 39.9 Å². The van der Waals surface area contributed by atoms with E-state index in [0.717, 1.165) is 0 Å². The molecular formula is C22H28FN3O5S2. The Bertz CT molecular complexity index is 1190. The molecular weight excluding hydrogens is 469 g/mol. The smallest absolute Gasteiger partial charge is 0.275 e. The van der Waals surface area contributed by atoms with Crippen molar-refractivity contribution >= 4 is 27.3 Å². The maximum absolute atomic E-state index is 14.9. The molecule has 2 rings (SSSR count). The van der Waals surface area contributed by atoms with Gasteiger partial charge < -0.3 is 10.2 Å². The molecule has 180 valence electrons. The molecule has 0 radical (unpaired) electrons. The van der Waals surface area contributed by atoms with Crippen LogP contribution in [0.1, 0.15) is 79.9 Å². The molecule has 1 amide bonds. The minimum atomic E-state index is -4.40. The number of hydrogen-bond donors (Lipinski definition) is 3. The van der Waals surface area contributed by atoms with Crippen molar-refractivity contribution < 1.29 is 27.8 Å². The van der Waals surface area contributed by atoms with Gasteiger partial charge in [0, 0.05) is 0 Å². The minimum absolute atomic E-state index is 0.0702. The van der Waals surface area contributed by atoms with E-state index in [1.807, 2.05) is 31.6 Å². The monoisotopic (exact) mass is 497 g/mol. The van der Waals surface area contributed by atoms with Crippen LogP contribution in [0.4, 0.5) is 4.39 Å². The molecule has 0 aliphatic rings. The van der Waals surface area contributed by atoms with Gasteiger partial charge in [0.2, 0.25) is 5.91 Å². The molecule has 0 fully saturated rings. The summed E-state index contributed by atoms with van der Waals surface area (Å²) in [5.41, 5.74) is -0.548. The Labute approximate surface area is 197 Å². The number of aliphatic hydroxyl groups excluding tert-OH is 1. The van der Waals surface area contributed by atoms with Gasteiger partial charge in [0.15, 0.2) is 4.21 Å². The summed E-state index contributed by atoms with van der Waals surface area (Å²) < 4.78 is 42.2. The van der Waals surface area contributed by atoms with Gasteiger partial charge in [-0.2, -0.15) is 5.26 Å². The summed E-state index contributed by atoms with van der Waals surface area (Å²) in [4.78, 5) is 16.8. The van der Waals surface area contributed by atoms with Gasteiger partial charge in [-0.3, -0.25) is 4.79 Å². The maximum atomic E-state index is 14.9. The van der Waals surface area contributed by atoms with Gasteiger partial charge in [-0.05, 0) is 48.9 Å². The largest absolute Gasteiger partial charge is 0.390 e. The predicted molar refractivity (Wildman–Crippen MR) is 122 cm³/mol. The van der Waals surface area contributed by atoms with Crippen LogP contribution >= 0.6 is 11.3 Å². The van der Waals surface area contributed by atoms with Crippen LogP contribution in [0.15, 0.2) is 10.3 Å². The maximum Gasteiger partial charge on any atom is 0.275 e. The van der Waals surface area contributed by atoms with Crippen molar-refractivity contribution in [2.75, 3.05) is 0 Å². The Morgan fingerprint density at radius 3 is 2.48 bits per heavy atom. The summed E-state index contributed by atoms with van der Waals surface area (Å²) in [6, 6.07) is 3.24. The second-order valence-corrected chi connectivity index (χ2v) is 11.4. The van der Waals surface area contributed by atoms with E-state index in [1.54, 1.807) is 0 Å². The van der Waals surface area contributed by atoms with Crippen LogP contribution in [0.25, 0.3) is 0 Å². The minimum Gasteiger partial charge on any atom is -0.390 e. The predicted octanol–water partition coefficient (Wildman–Crippen LogP) is 3.00. The standard InChI is InChI=1S/C22H28FN3O5S2/c1-6-7-14-16(15(12(2)3)8-13(10-24)19(14)23)9-18(28)26-33(30,31)20-17(11-27)25-21(32-20)22(4,5)29/h8,12,27,29H,6-7,9,11H2,1-5H3,(H,26,28). The molecule has 0 atom stereocenters. The third-order valence-electron chi connectivity index (χ3n) is 4.92. The average Bonchev–Trinajstić information content (AvgIpc) is 3.16. The number of rotatable bonds is 9. The lowest BCUT2D eigenvalue weighted by molar-refractivity contribution is -0.118. The molecule has 2 aromatic rings. The number of aromatic nitrogens is 1. The van der Waals surface area contributed by atoms with Crippen molar-refractivity contribution in [3.63, 3.8) is 0 Å². The number of thiazole rings is 1. The molecule has 8 nitrogen and oxygen atoms in total. The summed E-state index contributed by atoms with van der Waals surface area (Å²) in [6.45, 7) is 7.66. The average molecular weight is 498 g/mol. The number of halogens is 1. The molecule has 0 aliphatic carbocycles. The first-order valence-corrected chi connectivity index (χ1v) is 12.7. The third kappa shape index (κ3) is 5.95. The van der Waals surface area contributed by atoms with Gasteiger partial charge in [0.1, 0.15) is 22.5 Å². The van der Waals surface area contributed by atoms with Crippen LogP contribution in [0.3, 0.4) is 0 Å². The quantitative estimate of drug-likeness (QED) is 0.484. The van der Waals surface area contributed by atoms with Crippen LogP contribution in [-0.4, -0.2) is 29.5 Å². The van der Waals surface area contributed by atoms with Crippen LogP contribution in [0.5, 0.6) is 0 Å². The number of hydrogen-bond acceptors (Lipinski definition) is 8. The third-order valence-corrected chi connectivity index (χ3v) is 8.25. The summed E-state index contributed by atoms with van der Waals surface area (Å²) in [7, 11) is -4.40. The molecule has 3 N–H and O–H groups in total. The lowest BCUT2D eigenvalue weighted by atomic mass is 9.87. The van der Waals surface area contributed by atoms with E-state index in [2.05, 4.69) is 4.98 Å². The number of carbonyl (C=O) groups excluding carboxylic acids is 1. The number of sulfonamides is 1. The van der Waals surface area contributed by atoms with Gasteiger partial charge in [0.25, 0.3) is 10.0 Å². The van der Waals surface area contributed by atoms with E-state index in [1.165, 1.54) is 19.9 Å². The van der Waals surface area contributed by atoms with Gasteiger partial charge in [-0.1, -0.05) is 27.2 Å². The molecule has 33 heavy (non-hydrogen) atoms. The summed E-state index contributed by atoms with van der Waals surface area (Å²) >= 11 is 0.653. The van der Waals surface area contributed by atoms with E-state index in [9.17, 15) is 33.1 Å². The number of nitrogens with zero attached hydrogens (tertiary/aromatic N) is 2. The van der Waals surface area contributed by atoms with E-state index < -0.39 is 40.4 Å². The van der Waals surface area contributed by atoms with Gasteiger partial charge in [0.05, 0.1) is 24.3 Å². The molecule has 0 saturated heterocycles. The highest BCUT2D eigenvalue weighted by molar-refractivity contribution is 7.92. The summed E-state index contributed by atoms with van der Waals surface area (Å²) in [6.07, 6.45) is 0.446. The number of nitrogens with one attached hydrogen (secondary N) is 1. The molecule has 0 spiro atoms. The zero-order valence-corrected chi connectivity index (χ0v) is 20.8. The summed E-state index contributed by atoms with van der Waals surface area (Å²) in [5, 5.41) is 29.0. The van der Waals surface area contributed by atoms with Crippen LogP contribution in [0, 0.1) is 17.1 Å². The fourth-order valence-electron chi connectivity index (χ4n) is 3.39. The number of aliphatic hydroxyl groups is 2. The van der Waals surface area contributed by atoms with Crippen molar-refractivity contribution in [3.8, 4) is 6.07 Å². The normalized spacial score (nSPS) is 12.1. The van der Waals surface area contributed by atoms with Crippen molar-refractivity contribution in [1.29, 1.82) is 5.26 Å². The Morgan fingerprint density at radius 1 is 1.36 bits per heavy atom. The molecule has 0 bridgehead atoms. The van der Waals surface area contributed by atoms with Crippen LogP contribution < -0.4 is 4.72 Å². The molecule has 0 saturated carbocycles. The number of amides is 1. The highest BCUT2D eigenvalue weighted by Crippen LogP contribution is 2.32. The Balaban J connectivity index is 2.47. The zero-order chi connectivity index (χ0) is 25.1. The number of carbonyl (C=O) groups is 1. The van der Waals surface area contributed by atoms with E-state index in [0.29, 0.717) is 28.9 Å². The van der Waals surface area contributed by atoms with Crippen molar-refractivity contribution in [2.45, 2.75) is 76.2 Å². The second-order valence-electron chi connectivity index (χ2n) is 8.48. The lowest BCUT2D eigenvalue weighted by Crippen LogP contribution is -2.32. The molecule has 11 heteroatoms. The second kappa shape index (κ2) is 10.3. The van der Waals surface area contributed by atoms with Crippen molar-refractivity contribution in [3.05, 3.63) is 44.8 Å². The Morgan fingerprint density at radius 2 is 2.00 bits per heavy atom. The van der Waals surface area contributed by atoms with E-state index >= 15 is 0 Å². The zero-order valence-electron chi connectivity index (χ0n) is 19.2. The fraction of sp³-hybridized carbons (Fsp3) is 0.500. The first-order valence-electron chi connectivity index (χ1n) is 10.4.